The number of para-hydroxylation sites is 1. The summed E-state index contributed by atoms with van der Waals surface area (Å²) in [5.74, 6) is 0. The van der Waals surface area contributed by atoms with E-state index in [1.807, 2.05) is 24.3 Å². The molecule has 2 heterocycles. The average Bonchev–Trinajstić information content (AvgIpc) is 3.08. The predicted octanol–water partition coefficient (Wildman–Crippen LogP) is 6.02. The largest absolute Gasteiger partial charge is 0.456 e. The molecule has 0 unspecified atom stereocenters. The van der Waals surface area contributed by atoms with E-state index in [1.165, 1.54) is 4.88 Å². The van der Waals surface area contributed by atoms with Gasteiger partial charge in [0, 0.05) is 27.9 Å². The van der Waals surface area contributed by atoms with Gasteiger partial charge in [-0.3, -0.25) is 0 Å². The van der Waals surface area contributed by atoms with E-state index in [2.05, 4.69) is 51.6 Å². The summed E-state index contributed by atoms with van der Waals surface area (Å²) in [6, 6.07) is 18.6. The van der Waals surface area contributed by atoms with Crippen LogP contribution in [0.4, 0.5) is 5.69 Å². The van der Waals surface area contributed by atoms with Gasteiger partial charge in [-0.1, -0.05) is 18.2 Å². The highest BCUT2D eigenvalue weighted by atomic mass is 79.9. The van der Waals surface area contributed by atoms with Gasteiger partial charge in [0.2, 0.25) is 0 Å². The lowest BCUT2D eigenvalue weighted by Crippen LogP contribution is -1.96. The van der Waals surface area contributed by atoms with Crippen molar-refractivity contribution < 1.29 is 4.42 Å². The number of fused-ring (bicyclic) bond motifs is 3. The Morgan fingerprint density at radius 3 is 2.67 bits per heavy atom. The van der Waals surface area contributed by atoms with Crippen LogP contribution in [0.25, 0.3) is 21.9 Å². The fourth-order valence-electron chi connectivity index (χ4n) is 2.47. The normalized spacial score (nSPS) is 11.3. The molecule has 0 spiro atoms. The van der Waals surface area contributed by atoms with Crippen molar-refractivity contribution in [3.8, 4) is 0 Å². The van der Waals surface area contributed by atoms with Crippen LogP contribution in [0.1, 0.15) is 4.88 Å². The van der Waals surface area contributed by atoms with Gasteiger partial charge in [0.15, 0.2) is 0 Å². The number of hydrogen-bond acceptors (Lipinski definition) is 3. The molecule has 0 amide bonds. The second-order valence-electron chi connectivity index (χ2n) is 4.87. The summed E-state index contributed by atoms with van der Waals surface area (Å²) in [6.45, 7) is 0.831. The summed E-state index contributed by atoms with van der Waals surface area (Å²) >= 11 is 5.24. The fraction of sp³-hybridized carbons (Fsp3) is 0.0588. The van der Waals surface area contributed by atoms with Crippen LogP contribution >= 0.6 is 27.3 Å². The van der Waals surface area contributed by atoms with E-state index >= 15 is 0 Å². The van der Waals surface area contributed by atoms with E-state index in [4.69, 9.17) is 4.42 Å². The minimum absolute atomic E-state index is 0.831. The van der Waals surface area contributed by atoms with Crippen LogP contribution in [-0.4, -0.2) is 0 Å². The summed E-state index contributed by atoms with van der Waals surface area (Å²) in [4.78, 5) is 1.30. The Morgan fingerprint density at radius 2 is 1.81 bits per heavy atom. The van der Waals surface area contributed by atoms with Crippen LogP contribution in [0.3, 0.4) is 0 Å². The Bertz CT molecular complexity index is 925. The first-order valence-electron chi connectivity index (χ1n) is 6.69. The zero-order valence-corrected chi connectivity index (χ0v) is 13.5. The highest BCUT2D eigenvalue weighted by Gasteiger charge is 2.07. The molecular formula is C17H12BrNOS. The minimum Gasteiger partial charge on any atom is -0.456 e. The van der Waals surface area contributed by atoms with E-state index in [0.29, 0.717) is 0 Å². The standard InChI is InChI=1S/C17H12BrNOS/c18-17-8-6-12(21-17)10-19-11-5-7-16-14(9-11)13-3-1-2-4-15(13)20-16/h1-9,19H,10H2. The maximum atomic E-state index is 5.84. The van der Waals surface area contributed by atoms with Crippen LogP contribution in [-0.2, 0) is 6.54 Å². The first-order valence-corrected chi connectivity index (χ1v) is 8.30. The van der Waals surface area contributed by atoms with Gasteiger partial charge in [-0.05, 0) is 52.3 Å². The summed E-state index contributed by atoms with van der Waals surface area (Å²) in [5.41, 5.74) is 2.98. The summed E-state index contributed by atoms with van der Waals surface area (Å²) in [7, 11) is 0. The van der Waals surface area contributed by atoms with Crippen molar-refractivity contribution in [2.75, 3.05) is 5.32 Å². The SMILES string of the molecule is Brc1ccc(CNc2ccc3oc4ccccc4c3c2)s1. The first-order chi connectivity index (χ1) is 10.3. The summed E-state index contributed by atoms with van der Waals surface area (Å²) in [5, 5.41) is 5.79. The summed E-state index contributed by atoms with van der Waals surface area (Å²) in [6.07, 6.45) is 0. The van der Waals surface area contributed by atoms with Gasteiger partial charge >= 0.3 is 0 Å². The van der Waals surface area contributed by atoms with E-state index in [-0.39, 0.29) is 0 Å². The molecule has 0 radical (unpaired) electrons. The highest BCUT2D eigenvalue weighted by Crippen LogP contribution is 2.31. The molecule has 2 aromatic heterocycles. The van der Waals surface area contributed by atoms with Gasteiger partial charge in [0.1, 0.15) is 11.2 Å². The van der Waals surface area contributed by atoms with E-state index in [0.717, 1.165) is 38.0 Å². The molecule has 0 aliphatic carbocycles. The molecule has 0 saturated heterocycles. The van der Waals surface area contributed by atoms with E-state index < -0.39 is 0 Å². The molecule has 0 saturated carbocycles. The van der Waals surface area contributed by atoms with Crippen LogP contribution in [0.5, 0.6) is 0 Å². The van der Waals surface area contributed by atoms with E-state index in [9.17, 15) is 0 Å². The molecule has 0 atom stereocenters. The molecule has 4 aromatic rings. The molecule has 2 aromatic carbocycles. The monoisotopic (exact) mass is 357 g/mol. The number of thiophene rings is 1. The van der Waals surface area contributed by atoms with Crippen molar-refractivity contribution in [3.05, 3.63) is 63.3 Å². The number of furan rings is 1. The Morgan fingerprint density at radius 1 is 0.952 bits per heavy atom. The average molecular weight is 358 g/mol. The molecular weight excluding hydrogens is 346 g/mol. The third-order valence-corrected chi connectivity index (χ3v) is 5.10. The number of hydrogen-bond donors (Lipinski definition) is 1. The molecule has 2 nitrogen and oxygen atoms in total. The Labute approximate surface area is 134 Å². The van der Waals surface area contributed by atoms with Crippen LogP contribution in [0, 0.1) is 0 Å². The molecule has 0 bridgehead atoms. The van der Waals surface area contributed by atoms with Gasteiger partial charge < -0.3 is 9.73 Å². The molecule has 0 aliphatic rings. The smallest absolute Gasteiger partial charge is 0.135 e. The Kier molecular flexibility index (Phi) is 3.20. The summed E-state index contributed by atoms with van der Waals surface area (Å²) < 4.78 is 7.00. The van der Waals surface area contributed by atoms with Crippen molar-refractivity contribution in [1.82, 2.24) is 0 Å². The van der Waals surface area contributed by atoms with Gasteiger partial charge in [-0.25, -0.2) is 0 Å². The molecule has 0 aliphatic heterocycles. The zero-order chi connectivity index (χ0) is 14.2. The Balaban J connectivity index is 1.68. The lowest BCUT2D eigenvalue weighted by molar-refractivity contribution is 0.669. The number of nitrogens with one attached hydrogen (secondary N) is 1. The molecule has 0 fully saturated rings. The van der Waals surface area contributed by atoms with Crippen LogP contribution in [0.15, 0.2) is 62.8 Å². The first kappa shape index (κ1) is 12.9. The lowest BCUT2D eigenvalue weighted by Gasteiger charge is -2.04. The van der Waals surface area contributed by atoms with Crippen molar-refractivity contribution in [2.24, 2.45) is 0 Å². The molecule has 104 valence electrons. The van der Waals surface area contributed by atoms with Gasteiger partial charge in [-0.15, -0.1) is 11.3 Å². The fourth-order valence-corrected chi connectivity index (χ4v) is 3.89. The third kappa shape index (κ3) is 2.45. The van der Waals surface area contributed by atoms with Crippen LogP contribution < -0.4 is 5.32 Å². The second-order valence-corrected chi connectivity index (χ2v) is 7.42. The molecule has 4 heteroatoms. The van der Waals surface area contributed by atoms with Gasteiger partial charge in [0.05, 0.1) is 3.79 Å². The maximum absolute atomic E-state index is 5.84. The lowest BCUT2D eigenvalue weighted by atomic mass is 10.1. The van der Waals surface area contributed by atoms with Gasteiger partial charge in [-0.2, -0.15) is 0 Å². The Hall–Kier alpha value is -1.78. The van der Waals surface area contributed by atoms with Crippen LogP contribution in [0.2, 0.25) is 0 Å². The number of rotatable bonds is 3. The third-order valence-electron chi connectivity index (χ3n) is 3.47. The number of anilines is 1. The predicted molar refractivity (Wildman–Crippen MR) is 93.1 cm³/mol. The van der Waals surface area contributed by atoms with E-state index in [1.54, 1.807) is 11.3 Å². The minimum atomic E-state index is 0.831. The quantitative estimate of drug-likeness (QED) is 0.484. The van der Waals surface area contributed by atoms with Crippen molar-refractivity contribution in [3.63, 3.8) is 0 Å². The molecule has 4 rings (SSSR count). The van der Waals surface area contributed by atoms with Crippen molar-refractivity contribution in [2.45, 2.75) is 6.54 Å². The van der Waals surface area contributed by atoms with Crippen molar-refractivity contribution in [1.29, 1.82) is 0 Å². The topological polar surface area (TPSA) is 25.2 Å². The van der Waals surface area contributed by atoms with Crippen molar-refractivity contribution >= 4 is 54.9 Å². The maximum Gasteiger partial charge on any atom is 0.135 e. The molecule has 21 heavy (non-hydrogen) atoms. The second kappa shape index (κ2) is 5.20. The molecule has 1 N–H and O–H groups in total. The highest BCUT2D eigenvalue weighted by molar-refractivity contribution is 9.11. The van der Waals surface area contributed by atoms with Gasteiger partial charge in [0.25, 0.3) is 0 Å². The number of halogens is 1. The zero-order valence-electron chi connectivity index (χ0n) is 11.1. The number of benzene rings is 2.